The number of benzene rings is 2. The summed E-state index contributed by atoms with van der Waals surface area (Å²) in [5, 5.41) is 12.9. The Hall–Kier alpha value is -3.26. The van der Waals surface area contributed by atoms with Crippen LogP contribution >= 0.6 is 0 Å². The highest BCUT2D eigenvalue weighted by atomic mass is 19.1. The summed E-state index contributed by atoms with van der Waals surface area (Å²) in [7, 11) is 0. The molecule has 1 aliphatic heterocycles. The molecule has 2 heterocycles. The molecule has 1 saturated carbocycles. The van der Waals surface area contributed by atoms with Gasteiger partial charge in [0.1, 0.15) is 17.6 Å². The zero-order chi connectivity index (χ0) is 22.6. The van der Waals surface area contributed by atoms with Crippen LogP contribution in [0.1, 0.15) is 40.0 Å². The number of nitrogens with zero attached hydrogens (tertiary/aromatic N) is 2. The van der Waals surface area contributed by atoms with Gasteiger partial charge >= 0.3 is 5.97 Å². The van der Waals surface area contributed by atoms with Gasteiger partial charge in [-0.25, -0.2) is 13.6 Å². The highest BCUT2D eigenvalue weighted by molar-refractivity contribution is 5.95. The number of carboxylic acids is 1. The molecule has 0 bridgehead atoms. The van der Waals surface area contributed by atoms with Crippen molar-refractivity contribution in [1.29, 1.82) is 0 Å². The zero-order valence-corrected chi connectivity index (χ0v) is 17.5. The van der Waals surface area contributed by atoms with Crippen LogP contribution in [0.4, 0.5) is 14.5 Å². The van der Waals surface area contributed by atoms with Crippen LogP contribution in [0.3, 0.4) is 0 Å². The van der Waals surface area contributed by atoms with Crippen molar-refractivity contribution in [2.24, 2.45) is 0 Å². The fourth-order valence-corrected chi connectivity index (χ4v) is 4.77. The van der Waals surface area contributed by atoms with Crippen LogP contribution in [0.25, 0.3) is 10.9 Å². The average Bonchev–Trinajstić information content (AvgIpc) is 3.51. The molecule has 3 atom stereocenters. The Morgan fingerprint density at radius 3 is 2.62 bits per heavy atom. The molecule has 6 nitrogen and oxygen atoms in total. The summed E-state index contributed by atoms with van der Waals surface area (Å²) in [5.41, 5.74) is 1.15. The van der Waals surface area contributed by atoms with Gasteiger partial charge in [0.25, 0.3) is 0 Å². The smallest absolute Gasteiger partial charge is 0.341 e. The number of anilines is 1. The second-order valence-corrected chi connectivity index (χ2v) is 8.49. The predicted octanol–water partition coefficient (Wildman–Crippen LogP) is 3.58. The summed E-state index contributed by atoms with van der Waals surface area (Å²) >= 11 is 0. The summed E-state index contributed by atoms with van der Waals surface area (Å²) in [5.74, 6) is -1.99. The highest BCUT2D eigenvalue weighted by Crippen LogP contribution is 2.42. The van der Waals surface area contributed by atoms with E-state index in [0.29, 0.717) is 36.4 Å². The Labute approximate surface area is 183 Å². The Morgan fingerprint density at radius 1 is 1.25 bits per heavy atom. The second-order valence-electron chi connectivity index (χ2n) is 8.49. The van der Waals surface area contributed by atoms with Crippen molar-refractivity contribution in [2.45, 2.75) is 31.6 Å². The van der Waals surface area contributed by atoms with Crippen molar-refractivity contribution in [3.63, 3.8) is 0 Å². The number of alkyl halides is 1. The van der Waals surface area contributed by atoms with E-state index in [0.717, 1.165) is 11.6 Å². The van der Waals surface area contributed by atoms with E-state index >= 15 is 4.39 Å². The molecule has 2 N–H and O–H groups in total. The average molecular weight is 439 g/mol. The van der Waals surface area contributed by atoms with Gasteiger partial charge in [0.05, 0.1) is 17.2 Å². The van der Waals surface area contributed by atoms with Crippen LogP contribution in [0, 0.1) is 12.7 Å². The third kappa shape index (κ3) is 3.35. The van der Waals surface area contributed by atoms with Crippen molar-refractivity contribution in [3.8, 4) is 0 Å². The molecule has 0 radical (unpaired) electrons. The minimum absolute atomic E-state index is 0.00896. The molecule has 32 heavy (non-hydrogen) atoms. The Balaban J connectivity index is 1.65. The second kappa shape index (κ2) is 7.70. The first-order valence-electron chi connectivity index (χ1n) is 10.7. The minimum atomic E-state index is -1.41. The maximum absolute atomic E-state index is 15.4. The van der Waals surface area contributed by atoms with E-state index in [1.165, 1.54) is 10.8 Å². The van der Waals surface area contributed by atoms with E-state index in [1.807, 2.05) is 35.2 Å². The molecular weight excluding hydrogens is 416 g/mol. The number of nitrogens with one attached hydrogen (secondary N) is 1. The first-order chi connectivity index (χ1) is 15.4. The van der Waals surface area contributed by atoms with Crippen LogP contribution in [-0.4, -0.2) is 41.4 Å². The van der Waals surface area contributed by atoms with Crippen molar-refractivity contribution in [3.05, 3.63) is 75.3 Å². The number of rotatable bonds is 4. The third-order valence-corrected chi connectivity index (χ3v) is 6.44. The number of aromatic carboxylic acids is 1. The van der Waals surface area contributed by atoms with Crippen molar-refractivity contribution in [2.75, 3.05) is 24.5 Å². The summed E-state index contributed by atoms with van der Waals surface area (Å²) in [6.07, 6.45) is 0.334. The summed E-state index contributed by atoms with van der Waals surface area (Å²) in [6.45, 7) is 3.46. The lowest BCUT2D eigenvalue weighted by Crippen LogP contribution is -2.46. The molecule has 0 amide bonds. The van der Waals surface area contributed by atoms with Crippen molar-refractivity contribution >= 4 is 22.6 Å². The molecule has 1 aromatic heterocycles. The maximum Gasteiger partial charge on any atom is 0.341 e. The molecule has 3 aromatic rings. The van der Waals surface area contributed by atoms with Gasteiger partial charge < -0.3 is 19.9 Å². The number of hydrogen-bond acceptors (Lipinski definition) is 4. The lowest BCUT2D eigenvalue weighted by Gasteiger charge is -2.37. The van der Waals surface area contributed by atoms with Crippen LogP contribution in [0.2, 0.25) is 0 Å². The molecule has 0 spiro atoms. The van der Waals surface area contributed by atoms with Gasteiger partial charge in [-0.2, -0.15) is 0 Å². The Bertz CT molecular complexity index is 1280. The van der Waals surface area contributed by atoms with Gasteiger partial charge in [-0.1, -0.05) is 30.3 Å². The molecule has 2 aromatic carbocycles. The first-order valence-corrected chi connectivity index (χ1v) is 10.7. The van der Waals surface area contributed by atoms with Crippen LogP contribution < -0.4 is 15.6 Å². The standard InChI is InChI=1S/C24H23F2N3O3/c1-13-21-15(23(30)16(24(31)32)11-29(21)20-10-17(20)25)9-18(26)22(13)28-8-7-27-19(12-28)14-5-3-2-4-6-14/h2-6,9,11,17,19-20,27H,7-8,10,12H2,1H3,(H,31,32)/t17-,19+,20+/m0/s1. The quantitative estimate of drug-likeness (QED) is 0.650. The largest absolute Gasteiger partial charge is 0.477 e. The van der Waals surface area contributed by atoms with E-state index < -0.39 is 35.0 Å². The fraction of sp³-hybridized carbons (Fsp3) is 0.333. The number of pyridine rings is 1. The molecule has 2 fully saturated rings. The van der Waals surface area contributed by atoms with Gasteiger partial charge in [-0.05, 0) is 24.1 Å². The number of aryl methyl sites for hydroxylation is 1. The number of aromatic nitrogens is 1. The van der Waals surface area contributed by atoms with Crippen molar-refractivity contribution in [1.82, 2.24) is 9.88 Å². The minimum Gasteiger partial charge on any atom is -0.477 e. The molecule has 166 valence electrons. The number of carbonyl (C=O) groups is 1. The van der Waals surface area contributed by atoms with E-state index in [-0.39, 0.29) is 17.8 Å². The third-order valence-electron chi connectivity index (χ3n) is 6.44. The van der Waals surface area contributed by atoms with E-state index in [1.54, 1.807) is 6.92 Å². The fourth-order valence-electron chi connectivity index (χ4n) is 4.77. The summed E-state index contributed by atoms with van der Waals surface area (Å²) < 4.78 is 30.9. The molecule has 5 rings (SSSR count). The van der Waals surface area contributed by atoms with E-state index in [4.69, 9.17) is 0 Å². The number of carboxylic acid groups (broad SMARTS) is 1. The van der Waals surface area contributed by atoms with E-state index in [9.17, 15) is 19.1 Å². The van der Waals surface area contributed by atoms with E-state index in [2.05, 4.69) is 5.32 Å². The Morgan fingerprint density at radius 2 is 1.97 bits per heavy atom. The topological polar surface area (TPSA) is 74.6 Å². The van der Waals surface area contributed by atoms with Crippen LogP contribution in [-0.2, 0) is 0 Å². The molecule has 1 aliphatic carbocycles. The van der Waals surface area contributed by atoms with Gasteiger partial charge in [0.15, 0.2) is 0 Å². The van der Waals surface area contributed by atoms with Gasteiger partial charge in [0, 0.05) is 43.7 Å². The number of halogens is 2. The lowest BCUT2D eigenvalue weighted by molar-refractivity contribution is 0.0694. The molecular formula is C24H23F2N3O3. The predicted molar refractivity (Wildman–Crippen MR) is 118 cm³/mol. The van der Waals surface area contributed by atoms with Gasteiger partial charge in [-0.3, -0.25) is 4.79 Å². The molecule has 8 heteroatoms. The van der Waals surface area contributed by atoms with Gasteiger partial charge in [-0.15, -0.1) is 0 Å². The van der Waals surface area contributed by atoms with Gasteiger partial charge in [0.2, 0.25) is 5.43 Å². The van der Waals surface area contributed by atoms with Crippen LogP contribution in [0.5, 0.6) is 0 Å². The first kappa shape index (κ1) is 20.6. The summed E-state index contributed by atoms with van der Waals surface area (Å²) in [6, 6.07) is 10.5. The number of fused-ring (bicyclic) bond motifs is 1. The molecule has 2 aliphatic rings. The maximum atomic E-state index is 15.4. The normalized spacial score (nSPS) is 22.8. The van der Waals surface area contributed by atoms with Crippen LogP contribution in [0.15, 0.2) is 47.4 Å². The molecule has 0 unspecified atom stereocenters. The number of piperazine rings is 1. The Kier molecular flexibility index (Phi) is 4.97. The summed E-state index contributed by atoms with van der Waals surface area (Å²) in [4.78, 5) is 26.3. The SMILES string of the molecule is Cc1c(N2CCN[C@@H](c3ccccc3)C2)c(F)cc2c(=O)c(C(=O)O)cn([C@@H]3C[C@@H]3F)c12. The number of hydrogen-bond donors (Lipinski definition) is 2. The monoisotopic (exact) mass is 439 g/mol. The van der Waals surface area contributed by atoms with Crippen molar-refractivity contribution < 1.29 is 18.7 Å². The zero-order valence-electron chi connectivity index (χ0n) is 17.5. The highest BCUT2D eigenvalue weighted by Gasteiger charge is 2.41. The lowest BCUT2D eigenvalue weighted by atomic mass is 10.0. The molecule has 1 saturated heterocycles.